The van der Waals surface area contributed by atoms with Gasteiger partial charge in [-0.2, -0.15) is 4.89 Å². The van der Waals surface area contributed by atoms with Crippen molar-refractivity contribution in [2.45, 2.75) is 5.92 Å². The Morgan fingerprint density at radius 3 is 2.56 bits per heavy atom. The fraction of sp³-hybridized carbons (Fsp3) is 0.400. The van der Waals surface area contributed by atoms with Crippen molar-refractivity contribution >= 4 is 30.7 Å². The molecule has 0 aliphatic rings. The summed E-state index contributed by atoms with van der Waals surface area (Å²) in [5.41, 5.74) is 6.15. The van der Waals surface area contributed by atoms with Gasteiger partial charge in [-0.1, -0.05) is 23.7 Å². The summed E-state index contributed by atoms with van der Waals surface area (Å²) >= 11 is 4.01. The Labute approximate surface area is 114 Å². The zero-order valence-corrected chi connectivity index (χ0v) is 12.0. The van der Waals surface area contributed by atoms with Crippen molar-refractivity contribution in [3.05, 3.63) is 34.9 Å². The lowest BCUT2D eigenvalue weighted by Crippen LogP contribution is -2.19. The topological polar surface area (TPSA) is 89.6 Å². The lowest BCUT2D eigenvalue weighted by atomic mass is 10.0. The van der Waals surface area contributed by atoms with E-state index < -0.39 is 19.1 Å². The Morgan fingerprint density at radius 1 is 1.44 bits per heavy atom. The van der Waals surface area contributed by atoms with Gasteiger partial charge in [0.25, 0.3) is 5.49 Å². The molecule has 1 rings (SSSR count). The molecule has 0 spiro atoms. The van der Waals surface area contributed by atoms with Crippen molar-refractivity contribution in [2.24, 2.45) is 5.73 Å². The van der Waals surface area contributed by atoms with Gasteiger partial charge < -0.3 is 5.73 Å². The molecule has 0 saturated carbocycles. The molecule has 0 aliphatic carbocycles. The highest BCUT2D eigenvalue weighted by atomic mass is 35.5. The first-order valence-corrected chi connectivity index (χ1v) is 8.15. The first kappa shape index (κ1) is 15.7. The van der Waals surface area contributed by atoms with Gasteiger partial charge >= 0.3 is 8.03 Å². The van der Waals surface area contributed by atoms with Crippen molar-refractivity contribution in [1.29, 1.82) is 0 Å². The molecule has 1 aromatic carbocycles. The molecule has 3 unspecified atom stereocenters. The van der Waals surface area contributed by atoms with Crippen LogP contribution in [0.4, 0.5) is 0 Å². The van der Waals surface area contributed by atoms with Gasteiger partial charge in [-0.3, -0.25) is 4.18 Å². The molecule has 18 heavy (non-hydrogen) atoms. The second kappa shape index (κ2) is 7.94. The zero-order chi connectivity index (χ0) is 13.5. The van der Waals surface area contributed by atoms with Crippen LogP contribution in [-0.2, 0) is 19.8 Å². The summed E-state index contributed by atoms with van der Waals surface area (Å²) in [7, 11) is -2.46. The maximum Gasteiger partial charge on any atom is 0.521 e. The van der Waals surface area contributed by atoms with Gasteiger partial charge in [0.05, 0.1) is 6.61 Å². The highest BCUT2D eigenvalue weighted by molar-refractivity contribution is 7.86. The Hall–Kier alpha value is -0.360. The highest BCUT2D eigenvalue weighted by Gasteiger charge is 2.19. The van der Waals surface area contributed by atoms with Crippen LogP contribution in [0.5, 0.6) is 0 Å². The van der Waals surface area contributed by atoms with Crippen LogP contribution in [0.15, 0.2) is 24.3 Å². The fourth-order valence-corrected chi connectivity index (χ4v) is 2.78. The zero-order valence-electron chi connectivity index (χ0n) is 9.49. The summed E-state index contributed by atoms with van der Waals surface area (Å²) in [4.78, 5) is 8.59. The third kappa shape index (κ3) is 5.52. The maximum atomic E-state index is 11.2. The monoisotopic (exact) mass is 310 g/mol. The minimum atomic E-state index is -2.46. The largest absolute Gasteiger partial charge is 0.521 e. The van der Waals surface area contributed by atoms with Crippen LogP contribution in [0.25, 0.3) is 0 Å². The third-order valence-corrected chi connectivity index (χ3v) is 4.62. The van der Waals surface area contributed by atoms with Gasteiger partial charge in [-0.05, 0) is 22.3 Å². The van der Waals surface area contributed by atoms with Crippen molar-refractivity contribution in [2.75, 3.05) is 18.6 Å². The fourth-order valence-electron chi connectivity index (χ4n) is 1.32. The maximum absolute atomic E-state index is 11.2. The highest BCUT2D eigenvalue weighted by Crippen LogP contribution is 2.20. The molecule has 0 radical (unpaired) electrons. The van der Waals surface area contributed by atoms with E-state index in [2.05, 4.69) is 0 Å². The van der Waals surface area contributed by atoms with Crippen molar-refractivity contribution in [1.82, 2.24) is 0 Å². The van der Waals surface area contributed by atoms with Crippen LogP contribution in [0, 0.1) is 0 Å². The minimum absolute atomic E-state index is 0.122. The Balaban J connectivity index is 2.54. The SMILES string of the molecule is NCC(COS(=O)C[P+](=O)O)c1ccc(Cl)cc1. The summed E-state index contributed by atoms with van der Waals surface area (Å²) in [5.74, 6) is -0.122. The Bertz CT molecular complexity index is 428. The van der Waals surface area contributed by atoms with Gasteiger partial charge in [0, 0.05) is 17.5 Å². The number of rotatable bonds is 7. The molecule has 0 amide bonds. The molecule has 3 atom stereocenters. The number of hydrogen-bond acceptors (Lipinski definition) is 4. The van der Waals surface area contributed by atoms with Crippen molar-refractivity contribution < 1.29 is 17.9 Å². The van der Waals surface area contributed by atoms with E-state index in [0.717, 1.165) is 5.56 Å². The summed E-state index contributed by atoms with van der Waals surface area (Å²) in [5, 5.41) is 0.622. The quantitative estimate of drug-likeness (QED) is 0.749. The second-order valence-electron chi connectivity index (χ2n) is 3.55. The predicted octanol–water partition coefficient (Wildman–Crippen LogP) is 1.75. The van der Waals surface area contributed by atoms with Gasteiger partial charge in [-0.25, -0.2) is 4.21 Å². The number of halogens is 1. The molecule has 0 saturated heterocycles. The van der Waals surface area contributed by atoms with E-state index in [4.69, 9.17) is 26.4 Å². The van der Waals surface area contributed by atoms with Gasteiger partial charge in [-0.15, -0.1) is 0 Å². The van der Waals surface area contributed by atoms with E-state index in [-0.39, 0.29) is 18.0 Å². The van der Waals surface area contributed by atoms with E-state index in [1.807, 2.05) is 12.1 Å². The van der Waals surface area contributed by atoms with Crippen LogP contribution >= 0.6 is 19.6 Å². The molecule has 5 nitrogen and oxygen atoms in total. The predicted molar refractivity (Wildman–Crippen MR) is 72.0 cm³/mol. The molecule has 0 bridgehead atoms. The smallest absolute Gasteiger partial charge is 0.330 e. The van der Waals surface area contributed by atoms with Crippen molar-refractivity contribution in [3.8, 4) is 0 Å². The van der Waals surface area contributed by atoms with E-state index in [9.17, 15) is 8.77 Å². The molecule has 0 fully saturated rings. The molecule has 0 heterocycles. The van der Waals surface area contributed by atoms with Crippen LogP contribution in [0.2, 0.25) is 5.02 Å². The molecular formula is C10H14ClNO4PS+. The first-order chi connectivity index (χ1) is 8.52. The summed E-state index contributed by atoms with van der Waals surface area (Å²) in [6.45, 7) is 0.456. The number of benzene rings is 1. The summed E-state index contributed by atoms with van der Waals surface area (Å²) in [6, 6.07) is 7.11. The molecule has 1 aromatic rings. The standard InChI is InChI=1S/C10H13ClNO4PS/c11-10-3-1-8(2-4-10)9(5-12)6-16-18(15)7-17(13)14/h1-4,9H,5-7,12H2/p+1. The second-order valence-corrected chi connectivity index (χ2v) is 6.57. The van der Waals surface area contributed by atoms with E-state index in [1.54, 1.807) is 12.1 Å². The van der Waals surface area contributed by atoms with Gasteiger partial charge in [0.1, 0.15) is 0 Å². The average molecular weight is 311 g/mol. The summed E-state index contributed by atoms with van der Waals surface area (Å²) < 4.78 is 26.7. The number of nitrogens with two attached hydrogens (primary N) is 1. The molecular weight excluding hydrogens is 297 g/mol. The average Bonchev–Trinajstić information content (AvgIpc) is 2.31. The molecule has 3 N–H and O–H groups in total. The van der Waals surface area contributed by atoms with E-state index in [1.165, 1.54) is 0 Å². The molecule has 0 aromatic heterocycles. The van der Waals surface area contributed by atoms with Crippen LogP contribution < -0.4 is 5.73 Å². The van der Waals surface area contributed by atoms with Crippen LogP contribution in [0.1, 0.15) is 11.5 Å². The normalized spacial score (nSPS) is 15.2. The van der Waals surface area contributed by atoms with Crippen molar-refractivity contribution in [3.63, 3.8) is 0 Å². The minimum Gasteiger partial charge on any atom is -0.330 e. The molecule has 100 valence electrons. The Morgan fingerprint density at radius 2 is 2.06 bits per heavy atom. The van der Waals surface area contributed by atoms with Crippen LogP contribution in [0.3, 0.4) is 0 Å². The van der Waals surface area contributed by atoms with Crippen LogP contribution in [-0.4, -0.2) is 27.7 Å². The number of hydrogen-bond donors (Lipinski definition) is 2. The Kier molecular flexibility index (Phi) is 6.92. The van der Waals surface area contributed by atoms with E-state index in [0.29, 0.717) is 11.6 Å². The first-order valence-electron chi connectivity index (χ1n) is 5.13. The molecule has 8 heteroatoms. The third-order valence-electron chi connectivity index (χ3n) is 2.24. The van der Waals surface area contributed by atoms with Gasteiger partial charge in [0.15, 0.2) is 0 Å². The van der Waals surface area contributed by atoms with E-state index >= 15 is 0 Å². The lowest BCUT2D eigenvalue weighted by molar-refractivity contribution is 0.318. The lowest BCUT2D eigenvalue weighted by Gasteiger charge is -2.14. The summed E-state index contributed by atoms with van der Waals surface area (Å²) in [6.07, 6.45) is 0. The molecule has 0 aliphatic heterocycles. The van der Waals surface area contributed by atoms with Gasteiger partial charge in [0.2, 0.25) is 11.1 Å².